The summed E-state index contributed by atoms with van der Waals surface area (Å²) in [5.74, 6) is -2.90. The van der Waals surface area contributed by atoms with Gasteiger partial charge in [-0.25, -0.2) is 8.78 Å². The maximum absolute atomic E-state index is 13.6. The van der Waals surface area contributed by atoms with E-state index >= 15 is 0 Å². The maximum Gasteiger partial charge on any atom is 0.420 e. The largest absolute Gasteiger partial charge is 0.460 e. The lowest BCUT2D eigenvalue weighted by atomic mass is 9.98. The third-order valence-corrected chi connectivity index (χ3v) is 5.58. The molecule has 34 heavy (non-hydrogen) atoms. The number of furan rings is 1. The molecule has 1 aromatic heterocycles. The number of fused-ring (bicyclic) bond motifs is 1. The third-order valence-electron chi connectivity index (χ3n) is 5.58. The van der Waals surface area contributed by atoms with Gasteiger partial charge in [0.25, 0.3) is 11.8 Å². The van der Waals surface area contributed by atoms with Crippen LogP contribution >= 0.6 is 0 Å². The number of likely N-dealkylation sites (tertiary alicyclic amines) is 1. The monoisotopic (exact) mass is 483 g/mol. The highest BCUT2D eigenvalue weighted by atomic mass is 19.4. The first-order valence-electron chi connectivity index (χ1n) is 11.1. The number of benzene rings is 2. The molecule has 4 nitrogen and oxygen atoms in total. The van der Waals surface area contributed by atoms with Crippen molar-refractivity contribution < 1.29 is 36.3 Å². The Labute approximate surface area is 194 Å². The van der Waals surface area contributed by atoms with Gasteiger partial charge >= 0.3 is 6.18 Å². The van der Waals surface area contributed by atoms with Crippen LogP contribution in [0.5, 0.6) is 0 Å². The van der Waals surface area contributed by atoms with E-state index in [1.54, 1.807) is 6.07 Å². The van der Waals surface area contributed by atoms with Gasteiger partial charge in [0.15, 0.2) is 0 Å². The van der Waals surface area contributed by atoms with Gasteiger partial charge in [0, 0.05) is 43.3 Å². The number of piperidine rings is 1. The van der Waals surface area contributed by atoms with Crippen LogP contribution in [0.25, 0.3) is 22.1 Å². The molecule has 1 aliphatic rings. The number of carbonyl (C=O) groups excluding carboxylic acids is 1. The average molecular weight is 483 g/mol. The summed E-state index contributed by atoms with van der Waals surface area (Å²) in [6.07, 6.45) is -5.32. The Morgan fingerprint density at radius 3 is 2.21 bits per heavy atom. The first-order valence-corrected chi connectivity index (χ1v) is 11.1. The molecular formula is C25H26F5NO3. The number of nitrogens with zero attached hydrogens (tertiary/aromatic N) is 1. The van der Waals surface area contributed by atoms with E-state index in [0.717, 1.165) is 6.07 Å². The molecule has 0 saturated carbocycles. The third kappa shape index (κ3) is 5.58. The number of amides is 1. The molecule has 184 valence electrons. The second kappa shape index (κ2) is 10.1. The summed E-state index contributed by atoms with van der Waals surface area (Å²) in [7, 11) is 0. The van der Waals surface area contributed by atoms with Crippen LogP contribution in [-0.4, -0.2) is 41.5 Å². The van der Waals surface area contributed by atoms with Gasteiger partial charge in [-0.1, -0.05) is 26.0 Å². The molecule has 1 saturated heterocycles. The standard InChI is InChI=1S/C23H20F5NO3.C2H6/c24-22(25)6-8-29(9-7-22)21(31)15-3-1-14(2-4-15)16-11-17-12-18(5-10-30)32-20(17)19(13-16)23(26,27)28;1-2/h1-4,11-13,30H,5-10H2;1-2H3. The smallest absolute Gasteiger partial charge is 0.420 e. The summed E-state index contributed by atoms with van der Waals surface area (Å²) in [6, 6.07) is 10.0. The Morgan fingerprint density at radius 1 is 1.03 bits per heavy atom. The fourth-order valence-electron chi connectivity index (χ4n) is 3.84. The van der Waals surface area contributed by atoms with Gasteiger partial charge in [0.1, 0.15) is 11.3 Å². The Balaban J connectivity index is 0.00000158. The van der Waals surface area contributed by atoms with Crippen molar-refractivity contribution in [2.75, 3.05) is 19.7 Å². The molecule has 0 unspecified atom stereocenters. The Bertz CT molecular complexity index is 1130. The number of hydrogen-bond acceptors (Lipinski definition) is 3. The summed E-state index contributed by atoms with van der Waals surface area (Å²) in [4.78, 5) is 13.9. The van der Waals surface area contributed by atoms with Gasteiger partial charge in [-0.3, -0.25) is 4.79 Å². The van der Waals surface area contributed by atoms with Crippen LogP contribution in [0.1, 0.15) is 48.4 Å². The molecule has 2 aromatic carbocycles. The molecule has 1 amide bonds. The number of aliphatic hydroxyl groups is 1. The van der Waals surface area contributed by atoms with Crippen LogP contribution in [0, 0.1) is 0 Å². The highest BCUT2D eigenvalue weighted by molar-refractivity contribution is 5.95. The van der Waals surface area contributed by atoms with Gasteiger partial charge in [-0.15, -0.1) is 0 Å². The zero-order valence-corrected chi connectivity index (χ0v) is 18.9. The van der Waals surface area contributed by atoms with Crippen LogP contribution < -0.4 is 0 Å². The summed E-state index contributed by atoms with van der Waals surface area (Å²) < 4.78 is 72.8. The zero-order valence-electron chi connectivity index (χ0n) is 18.9. The number of hydrogen-bond donors (Lipinski definition) is 1. The molecule has 2 heterocycles. The van der Waals surface area contributed by atoms with Crippen molar-refractivity contribution >= 4 is 16.9 Å². The Morgan fingerprint density at radius 2 is 1.65 bits per heavy atom. The quantitative estimate of drug-likeness (QED) is 0.428. The van der Waals surface area contributed by atoms with Crippen molar-refractivity contribution in [1.29, 1.82) is 0 Å². The van der Waals surface area contributed by atoms with Crippen molar-refractivity contribution in [3.05, 3.63) is 59.4 Å². The maximum atomic E-state index is 13.6. The molecule has 1 N–H and O–H groups in total. The molecule has 1 aliphatic heterocycles. The van der Waals surface area contributed by atoms with Crippen LogP contribution in [0.3, 0.4) is 0 Å². The van der Waals surface area contributed by atoms with E-state index in [1.807, 2.05) is 13.8 Å². The van der Waals surface area contributed by atoms with Gasteiger partial charge in [-0.05, 0) is 41.5 Å². The number of rotatable bonds is 4. The minimum Gasteiger partial charge on any atom is -0.460 e. The predicted molar refractivity (Wildman–Crippen MR) is 119 cm³/mol. The predicted octanol–water partition coefficient (Wildman–Crippen LogP) is 6.55. The molecule has 4 rings (SSSR count). The summed E-state index contributed by atoms with van der Waals surface area (Å²) >= 11 is 0. The molecule has 1 fully saturated rings. The second-order valence-electron chi connectivity index (χ2n) is 7.85. The fourth-order valence-corrected chi connectivity index (χ4v) is 3.84. The van der Waals surface area contributed by atoms with E-state index in [4.69, 9.17) is 9.52 Å². The number of halogens is 5. The SMILES string of the molecule is CC.O=C(c1ccc(-c2cc(C(F)(F)F)c3oc(CCO)cc3c2)cc1)N1CCC(F)(F)CC1. The molecule has 0 bridgehead atoms. The van der Waals surface area contributed by atoms with Crippen LogP contribution in [-0.2, 0) is 12.6 Å². The van der Waals surface area contributed by atoms with E-state index in [1.165, 1.54) is 35.2 Å². The molecule has 0 radical (unpaired) electrons. The fraction of sp³-hybridized carbons (Fsp3) is 0.400. The van der Waals surface area contributed by atoms with Gasteiger partial charge in [0.2, 0.25) is 0 Å². The highest BCUT2D eigenvalue weighted by Crippen LogP contribution is 2.39. The molecule has 0 atom stereocenters. The molecule has 0 aliphatic carbocycles. The van der Waals surface area contributed by atoms with E-state index in [2.05, 4.69) is 0 Å². The van der Waals surface area contributed by atoms with Crippen molar-refractivity contribution in [3.63, 3.8) is 0 Å². The minimum absolute atomic E-state index is 0.0458. The second-order valence-corrected chi connectivity index (χ2v) is 7.85. The normalized spacial score (nSPS) is 15.7. The Hall–Kier alpha value is -2.94. The van der Waals surface area contributed by atoms with Crippen molar-refractivity contribution in [3.8, 4) is 11.1 Å². The van der Waals surface area contributed by atoms with E-state index in [0.29, 0.717) is 5.56 Å². The highest BCUT2D eigenvalue weighted by Gasteiger charge is 2.36. The van der Waals surface area contributed by atoms with Gasteiger partial charge in [-0.2, -0.15) is 13.2 Å². The molecule has 9 heteroatoms. The number of alkyl halides is 5. The summed E-state index contributed by atoms with van der Waals surface area (Å²) in [5.41, 5.74) is -0.187. The Kier molecular flexibility index (Phi) is 7.65. The summed E-state index contributed by atoms with van der Waals surface area (Å²) in [6.45, 7) is 3.66. The number of aliphatic hydroxyl groups excluding tert-OH is 1. The van der Waals surface area contributed by atoms with Gasteiger partial charge < -0.3 is 14.4 Å². The minimum atomic E-state index is -4.64. The zero-order chi connectivity index (χ0) is 25.1. The first kappa shape index (κ1) is 25.7. The van der Waals surface area contributed by atoms with Crippen molar-refractivity contribution in [2.45, 2.75) is 45.2 Å². The van der Waals surface area contributed by atoms with Gasteiger partial charge in [0.05, 0.1) is 12.2 Å². The lowest BCUT2D eigenvalue weighted by Crippen LogP contribution is -2.42. The van der Waals surface area contributed by atoms with Crippen LogP contribution in [0.2, 0.25) is 0 Å². The van der Waals surface area contributed by atoms with Crippen molar-refractivity contribution in [2.24, 2.45) is 0 Å². The van der Waals surface area contributed by atoms with Crippen LogP contribution in [0.15, 0.2) is 46.9 Å². The van der Waals surface area contributed by atoms with E-state index in [-0.39, 0.29) is 72.7 Å². The molecular weight excluding hydrogens is 457 g/mol. The van der Waals surface area contributed by atoms with Crippen LogP contribution in [0.4, 0.5) is 22.0 Å². The summed E-state index contributed by atoms with van der Waals surface area (Å²) in [5, 5.41) is 9.30. The topological polar surface area (TPSA) is 53.7 Å². The van der Waals surface area contributed by atoms with Crippen molar-refractivity contribution in [1.82, 2.24) is 4.90 Å². The molecule has 0 spiro atoms. The lowest BCUT2D eigenvalue weighted by Gasteiger charge is -2.31. The number of carbonyl (C=O) groups is 1. The lowest BCUT2D eigenvalue weighted by molar-refractivity contribution is -0.136. The average Bonchev–Trinajstić information content (AvgIpc) is 3.21. The van der Waals surface area contributed by atoms with E-state index in [9.17, 15) is 26.7 Å². The van der Waals surface area contributed by atoms with E-state index < -0.39 is 17.7 Å². The first-order chi connectivity index (χ1) is 16.1. The molecule has 3 aromatic rings.